The average molecular weight is 548 g/mol. The zero-order valence-electron chi connectivity index (χ0n) is 21.4. The quantitative estimate of drug-likeness (QED) is 0.434. The summed E-state index contributed by atoms with van der Waals surface area (Å²) in [5.41, 5.74) is 3.80. The van der Waals surface area contributed by atoms with Crippen LogP contribution in [0.25, 0.3) is 21.5 Å². The minimum atomic E-state index is -3.53. The lowest BCUT2D eigenvalue weighted by Crippen LogP contribution is -2.40. The number of hydrogen-bond acceptors (Lipinski definition) is 11. The number of nitrogens with zero attached hydrogens (tertiary/aromatic N) is 5. The second-order valence-corrected chi connectivity index (χ2v) is 12.0. The Morgan fingerprint density at radius 3 is 2.62 bits per heavy atom. The SMILES string of the molecule is CNC1CCN(Cc2csc3c(-c4cnc(OC)c(NS(C)(=O)=O)c4)nc(N4CCOCC4)nc23)CC1. The Morgan fingerprint density at radius 2 is 1.95 bits per heavy atom. The minimum Gasteiger partial charge on any atom is -0.480 e. The molecule has 2 saturated heterocycles. The van der Waals surface area contributed by atoms with E-state index in [1.54, 1.807) is 23.6 Å². The summed E-state index contributed by atoms with van der Waals surface area (Å²) < 4.78 is 38.3. The highest BCUT2D eigenvalue weighted by Crippen LogP contribution is 2.37. The van der Waals surface area contributed by atoms with Crippen molar-refractivity contribution in [2.45, 2.75) is 25.4 Å². The van der Waals surface area contributed by atoms with Gasteiger partial charge < -0.3 is 19.7 Å². The molecule has 2 N–H and O–H groups in total. The van der Waals surface area contributed by atoms with Crippen molar-refractivity contribution in [1.29, 1.82) is 0 Å². The van der Waals surface area contributed by atoms with Gasteiger partial charge in [-0.1, -0.05) is 0 Å². The van der Waals surface area contributed by atoms with Gasteiger partial charge in [0.1, 0.15) is 5.69 Å². The van der Waals surface area contributed by atoms with Crippen molar-refractivity contribution < 1.29 is 17.9 Å². The maximum atomic E-state index is 12.0. The normalized spacial score (nSPS) is 17.9. The molecule has 3 aromatic rings. The average Bonchev–Trinajstić information content (AvgIpc) is 3.30. The molecule has 5 heterocycles. The number of piperidine rings is 1. The van der Waals surface area contributed by atoms with Crippen LogP contribution in [0, 0.1) is 0 Å². The highest BCUT2D eigenvalue weighted by Gasteiger charge is 2.24. The van der Waals surface area contributed by atoms with Crippen molar-refractivity contribution in [2.75, 3.05) is 69.4 Å². The largest absolute Gasteiger partial charge is 0.480 e. The number of fused-ring (bicyclic) bond motifs is 1. The van der Waals surface area contributed by atoms with Crippen LogP contribution in [0.2, 0.25) is 0 Å². The Bertz CT molecular complexity index is 1350. The molecule has 2 aliphatic rings. The van der Waals surface area contributed by atoms with Gasteiger partial charge in [0.25, 0.3) is 0 Å². The third-order valence-corrected chi connectivity index (χ3v) is 8.39. The number of morpholine rings is 1. The zero-order chi connectivity index (χ0) is 26.0. The molecular formula is C24H33N7O4S2. The van der Waals surface area contributed by atoms with E-state index in [4.69, 9.17) is 19.4 Å². The van der Waals surface area contributed by atoms with Crippen LogP contribution in [-0.4, -0.2) is 94.1 Å². The summed E-state index contributed by atoms with van der Waals surface area (Å²) in [6.45, 7) is 5.59. The molecule has 13 heteroatoms. The molecule has 2 fully saturated rings. The molecule has 2 aliphatic heterocycles. The standard InChI is InChI=1S/C24H33N7O4S2/c1-25-18-4-6-30(7-5-18)14-17-15-36-22-20(27-24(28-21(17)22)31-8-10-35-11-9-31)16-12-19(29-37(3,32)33)23(34-2)26-13-16/h12-13,15,18,25,29H,4-11,14H2,1-3H3. The lowest BCUT2D eigenvalue weighted by atomic mass is 10.0. The van der Waals surface area contributed by atoms with E-state index in [0.717, 1.165) is 54.6 Å². The fourth-order valence-electron chi connectivity index (χ4n) is 4.80. The monoisotopic (exact) mass is 547 g/mol. The van der Waals surface area contributed by atoms with Gasteiger partial charge in [-0.2, -0.15) is 0 Å². The van der Waals surface area contributed by atoms with Gasteiger partial charge in [-0.3, -0.25) is 9.62 Å². The topological polar surface area (TPSA) is 122 Å². The number of sulfonamides is 1. The molecule has 0 unspecified atom stereocenters. The summed E-state index contributed by atoms with van der Waals surface area (Å²) in [5.74, 6) is 0.845. The molecule has 0 spiro atoms. The maximum Gasteiger partial charge on any atom is 0.238 e. The predicted octanol–water partition coefficient (Wildman–Crippen LogP) is 2.15. The molecule has 0 bridgehead atoms. The second kappa shape index (κ2) is 11.0. The molecule has 200 valence electrons. The smallest absolute Gasteiger partial charge is 0.238 e. The number of rotatable bonds is 8. The predicted molar refractivity (Wildman–Crippen MR) is 146 cm³/mol. The molecule has 0 aromatic carbocycles. The molecule has 0 amide bonds. The molecule has 11 nitrogen and oxygen atoms in total. The fourth-order valence-corrected chi connectivity index (χ4v) is 6.36. The van der Waals surface area contributed by atoms with Gasteiger partial charge in [-0.15, -0.1) is 11.3 Å². The molecule has 0 aliphatic carbocycles. The van der Waals surface area contributed by atoms with E-state index in [9.17, 15) is 8.42 Å². The van der Waals surface area contributed by atoms with Crippen LogP contribution < -0.4 is 19.7 Å². The molecule has 3 aromatic heterocycles. The van der Waals surface area contributed by atoms with E-state index in [0.29, 0.717) is 43.9 Å². The number of thiophene rings is 1. The summed E-state index contributed by atoms with van der Waals surface area (Å²) in [6, 6.07) is 2.30. The number of ether oxygens (including phenoxy) is 2. The van der Waals surface area contributed by atoms with Crippen LogP contribution in [-0.2, 0) is 21.3 Å². The fraction of sp³-hybridized carbons (Fsp3) is 0.542. The molecule has 0 saturated carbocycles. The second-order valence-electron chi connectivity index (χ2n) is 9.40. The van der Waals surface area contributed by atoms with Gasteiger partial charge in [0.2, 0.25) is 21.9 Å². The minimum absolute atomic E-state index is 0.199. The summed E-state index contributed by atoms with van der Waals surface area (Å²) >= 11 is 1.61. The lowest BCUT2D eigenvalue weighted by molar-refractivity contribution is 0.122. The number of hydrogen-bond donors (Lipinski definition) is 2. The van der Waals surface area contributed by atoms with Crippen molar-refractivity contribution in [3.05, 3.63) is 23.2 Å². The van der Waals surface area contributed by atoms with Crippen LogP contribution in [0.3, 0.4) is 0 Å². The van der Waals surface area contributed by atoms with Gasteiger partial charge in [0.15, 0.2) is 0 Å². The van der Waals surface area contributed by atoms with E-state index >= 15 is 0 Å². The molecule has 5 rings (SSSR count). The van der Waals surface area contributed by atoms with Crippen LogP contribution in [0.1, 0.15) is 18.4 Å². The summed E-state index contributed by atoms with van der Waals surface area (Å²) in [4.78, 5) is 19.0. The first-order chi connectivity index (χ1) is 17.8. The Kier molecular flexibility index (Phi) is 7.77. The van der Waals surface area contributed by atoms with Gasteiger partial charge in [-0.25, -0.2) is 23.4 Å². The van der Waals surface area contributed by atoms with Crippen LogP contribution in [0.5, 0.6) is 5.88 Å². The summed E-state index contributed by atoms with van der Waals surface area (Å²) in [7, 11) is -0.0379. The number of nitrogens with one attached hydrogen (secondary N) is 2. The lowest BCUT2D eigenvalue weighted by Gasteiger charge is -2.31. The third kappa shape index (κ3) is 5.96. The number of aromatic nitrogens is 3. The van der Waals surface area contributed by atoms with Crippen molar-refractivity contribution >= 4 is 43.2 Å². The molecular weight excluding hydrogens is 514 g/mol. The van der Waals surface area contributed by atoms with E-state index in [-0.39, 0.29) is 11.6 Å². The Morgan fingerprint density at radius 1 is 1.19 bits per heavy atom. The van der Waals surface area contributed by atoms with Crippen molar-refractivity contribution in [3.8, 4) is 17.1 Å². The van der Waals surface area contributed by atoms with Crippen molar-refractivity contribution in [3.63, 3.8) is 0 Å². The number of anilines is 2. The molecule has 0 atom stereocenters. The number of methoxy groups -OCH3 is 1. The van der Waals surface area contributed by atoms with Crippen molar-refractivity contribution in [2.24, 2.45) is 0 Å². The first-order valence-corrected chi connectivity index (χ1v) is 15.1. The number of pyridine rings is 1. The van der Waals surface area contributed by atoms with E-state index in [1.165, 1.54) is 12.7 Å². The van der Waals surface area contributed by atoms with Crippen molar-refractivity contribution in [1.82, 2.24) is 25.2 Å². The van der Waals surface area contributed by atoms with E-state index < -0.39 is 10.0 Å². The van der Waals surface area contributed by atoms with Crippen LogP contribution in [0.15, 0.2) is 17.6 Å². The summed E-state index contributed by atoms with van der Waals surface area (Å²) in [6.07, 6.45) is 5.03. The van der Waals surface area contributed by atoms with Crippen LogP contribution in [0.4, 0.5) is 11.6 Å². The van der Waals surface area contributed by atoms with Gasteiger partial charge in [0, 0.05) is 43.0 Å². The van der Waals surface area contributed by atoms with E-state index in [2.05, 4.69) is 30.2 Å². The Labute approximate surface area is 221 Å². The van der Waals surface area contributed by atoms with Gasteiger partial charge >= 0.3 is 0 Å². The highest BCUT2D eigenvalue weighted by atomic mass is 32.2. The van der Waals surface area contributed by atoms with Gasteiger partial charge in [-0.05, 0) is 44.4 Å². The van der Waals surface area contributed by atoms with Gasteiger partial charge in [0.05, 0.1) is 42.5 Å². The van der Waals surface area contributed by atoms with E-state index in [1.807, 2.05) is 7.05 Å². The maximum absolute atomic E-state index is 12.0. The third-order valence-electron chi connectivity index (χ3n) is 6.77. The molecule has 37 heavy (non-hydrogen) atoms. The number of likely N-dealkylation sites (tertiary alicyclic amines) is 1. The highest BCUT2D eigenvalue weighted by molar-refractivity contribution is 7.92. The Hall–Kier alpha value is -2.58. The zero-order valence-corrected chi connectivity index (χ0v) is 23.0. The molecule has 0 radical (unpaired) electrons. The Balaban J connectivity index is 1.57. The summed E-state index contributed by atoms with van der Waals surface area (Å²) in [5, 5.41) is 5.56. The van der Waals surface area contributed by atoms with Crippen LogP contribution >= 0.6 is 11.3 Å². The first kappa shape index (κ1) is 26.0. The first-order valence-electron chi connectivity index (χ1n) is 12.4.